The smallest absolute Gasteiger partial charge is 0.161 e. The Balaban J connectivity index is 2.21. The first kappa shape index (κ1) is 18.8. The molecule has 0 aliphatic rings. The van der Waals surface area contributed by atoms with Crippen LogP contribution in [-0.2, 0) is 0 Å². The first-order chi connectivity index (χ1) is 13.0. The van der Waals surface area contributed by atoms with Crippen molar-refractivity contribution in [2.75, 3.05) is 27.9 Å². The maximum absolute atomic E-state index is 9.63. The minimum atomic E-state index is -0.535. The van der Waals surface area contributed by atoms with Gasteiger partial charge in [0, 0.05) is 17.0 Å². The van der Waals surface area contributed by atoms with Gasteiger partial charge in [-0.1, -0.05) is 0 Å². The first-order valence-corrected chi connectivity index (χ1v) is 8.58. The van der Waals surface area contributed by atoms with Crippen molar-refractivity contribution in [2.45, 2.75) is 13.0 Å². The van der Waals surface area contributed by atoms with Gasteiger partial charge in [0.2, 0.25) is 0 Å². The van der Waals surface area contributed by atoms with Crippen LogP contribution >= 0.6 is 0 Å². The molecule has 0 saturated carbocycles. The fourth-order valence-corrected chi connectivity index (χ4v) is 2.77. The van der Waals surface area contributed by atoms with Crippen molar-refractivity contribution in [2.24, 2.45) is 4.99 Å². The highest BCUT2D eigenvalue weighted by atomic mass is 16.5. The number of nitrogens with zero attached hydrogens (tertiary/aromatic N) is 1. The Hall–Kier alpha value is -2.99. The molecule has 0 fully saturated rings. The molecule has 0 radical (unpaired) electrons. The van der Waals surface area contributed by atoms with E-state index in [1.54, 1.807) is 28.3 Å². The molecule has 6 heteroatoms. The highest BCUT2D eigenvalue weighted by molar-refractivity contribution is 5.80. The van der Waals surface area contributed by atoms with E-state index in [9.17, 15) is 5.11 Å². The molecule has 1 aromatic heterocycles. The quantitative estimate of drug-likeness (QED) is 0.721. The maximum atomic E-state index is 9.63. The number of ether oxygens (including phenoxy) is 3. The van der Waals surface area contributed by atoms with Crippen LogP contribution in [0.15, 0.2) is 51.9 Å². The molecule has 3 rings (SSSR count). The van der Waals surface area contributed by atoms with Crippen molar-refractivity contribution >= 4 is 11.0 Å². The standard InChI is InChI=1S/C21H23NO5/c1-13(23)12-22-17-11-20(14-5-7-19(25-3)21(9-14)26-4)27-18-8-6-15(24-2)10-16(17)18/h5-11,13,23H,12H2,1-4H3/t13-/m1/s1. The Morgan fingerprint density at radius 2 is 1.74 bits per heavy atom. The van der Waals surface area contributed by atoms with E-state index >= 15 is 0 Å². The lowest BCUT2D eigenvalue weighted by atomic mass is 10.1. The molecular formula is C21H23NO5. The summed E-state index contributed by atoms with van der Waals surface area (Å²) in [6, 6.07) is 13.0. The number of fused-ring (bicyclic) bond motifs is 1. The molecule has 1 atom stereocenters. The molecule has 0 saturated heterocycles. The summed E-state index contributed by atoms with van der Waals surface area (Å²) >= 11 is 0. The van der Waals surface area contributed by atoms with Crippen LogP contribution in [0.4, 0.5) is 0 Å². The minimum Gasteiger partial charge on any atom is -0.497 e. The molecule has 3 aromatic rings. The Bertz CT molecular complexity index is 1010. The summed E-state index contributed by atoms with van der Waals surface area (Å²) < 4.78 is 22.1. The van der Waals surface area contributed by atoms with Gasteiger partial charge in [-0.05, 0) is 43.3 Å². The SMILES string of the molecule is COc1ccc2oc(-c3ccc(OC)c(OC)c3)cc(=NC[C@@H](C)O)c2c1. The van der Waals surface area contributed by atoms with Crippen LogP contribution in [0.2, 0.25) is 0 Å². The van der Waals surface area contributed by atoms with E-state index < -0.39 is 6.10 Å². The number of aliphatic hydroxyl groups excluding tert-OH is 1. The van der Waals surface area contributed by atoms with Gasteiger partial charge in [0.25, 0.3) is 0 Å². The third-order valence-electron chi connectivity index (χ3n) is 4.14. The molecule has 0 unspecified atom stereocenters. The van der Waals surface area contributed by atoms with Crippen LogP contribution in [0.5, 0.6) is 17.2 Å². The maximum Gasteiger partial charge on any atom is 0.161 e. The van der Waals surface area contributed by atoms with Crippen molar-refractivity contribution in [1.82, 2.24) is 0 Å². The van der Waals surface area contributed by atoms with Gasteiger partial charge in [-0.25, -0.2) is 0 Å². The van der Waals surface area contributed by atoms with Crippen molar-refractivity contribution in [1.29, 1.82) is 0 Å². The van der Waals surface area contributed by atoms with Crippen LogP contribution in [0.3, 0.4) is 0 Å². The summed E-state index contributed by atoms with van der Waals surface area (Å²) in [5.41, 5.74) is 1.51. The van der Waals surface area contributed by atoms with Crippen LogP contribution in [0.1, 0.15) is 6.92 Å². The van der Waals surface area contributed by atoms with Crippen LogP contribution < -0.4 is 19.6 Å². The number of hydrogen-bond donors (Lipinski definition) is 1. The zero-order valence-corrected chi connectivity index (χ0v) is 15.9. The van der Waals surface area contributed by atoms with E-state index in [0.29, 0.717) is 35.1 Å². The van der Waals surface area contributed by atoms with Gasteiger partial charge in [0.05, 0.1) is 39.3 Å². The number of rotatable bonds is 6. The van der Waals surface area contributed by atoms with Gasteiger partial charge in [0.1, 0.15) is 17.1 Å². The minimum absolute atomic E-state index is 0.293. The topological polar surface area (TPSA) is 73.4 Å². The first-order valence-electron chi connectivity index (χ1n) is 8.58. The zero-order chi connectivity index (χ0) is 19.4. The summed E-state index contributed by atoms with van der Waals surface area (Å²) in [6.45, 7) is 2.00. The lowest BCUT2D eigenvalue weighted by molar-refractivity contribution is 0.203. The highest BCUT2D eigenvalue weighted by Gasteiger charge is 2.11. The second-order valence-corrected chi connectivity index (χ2v) is 6.12. The van der Waals surface area contributed by atoms with Gasteiger partial charge in [-0.2, -0.15) is 0 Å². The second-order valence-electron chi connectivity index (χ2n) is 6.12. The average Bonchev–Trinajstić information content (AvgIpc) is 2.70. The van der Waals surface area contributed by atoms with E-state index in [0.717, 1.165) is 16.3 Å². The lowest BCUT2D eigenvalue weighted by Gasteiger charge is -2.10. The van der Waals surface area contributed by atoms with Gasteiger partial charge < -0.3 is 23.7 Å². The van der Waals surface area contributed by atoms with E-state index in [-0.39, 0.29) is 0 Å². The lowest BCUT2D eigenvalue weighted by Crippen LogP contribution is -2.11. The number of methoxy groups -OCH3 is 3. The molecule has 0 spiro atoms. The Morgan fingerprint density at radius 3 is 2.41 bits per heavy atom. The molecule has 142 valence electrons. The molecule has 1 N–H and O–H groups in total. The third kappa shape index (κ3) is 4.06. The van der Waals surface area contributed by atoms with Crippen LogP contribution in [0, 0.1) is 0 Å². The predicted molar refractivity (Wildman–Crippen MR) is 103 cm³/mol. The van der Waals surface area contributed by atoms with E-state index in [2.05, 4.69) is 4.99 Å². The number of hydrogen-bond acceptors (Lipinski definition) is 6. The van der Waals surface area contributed by atoms with Gasteiger partial charge in [0.15, 0.2) is 11.5 Å². The second kappa shape index (κ2) is 8.14. The van der Waals surface area contributed by atoms with Crippen molar-refractivity contribution in [3.8, 4) is 28.6 Å². The fourth-order valence-electron chi connectivity index (χ4n) is 2.77. The molecular weight excluding hydrogens is 346 g/mol. The molecule has 0 amide bonds. The molecule has 2 aromatic carbocycles. The Kier molecular flexibility index (Phi) is 5.66. The number of benzene rings is 2. The highest BCUT2D eigenvalue weighted by Crippen LogP contribution is 2.33. The summed E-state index contributed by atoms with van der Waals surface area (Å²) in [4.78, 5) is 4.55. The molecule has 6 nitrogen and oxygen atoms in total. The normalized spacial score (nSPS) is 12.9. The van der Waals surface area contributed by atoms with Gasteiger partial charge >= 0.3 is 0 Å². The predicted octanol–water partition coefficient (Wildman–Crippen LogP) is 3.41. The Labute approximate surface area is 157 Å². The molecule has 0 aliphatic heterocycles. The Morgan fingerprint density at radius 1 is 0.963 bits per heavy atom. The molecule has 0 aliphatic carbocycles. The number of aliphatic hydroxyl groups is 1. The molecule has 0 bridgehead atoms. The summed E-state index contributed by atoms with van der Waals surface area (Å²) in [5.74, 6) is 2.61. The van der Waals surface area contributed by atoms with Gasteiger partial charge in [-0.15, -0.1) is 0 Å². The summed E-state index contributed by atoms with van der Waals surface area (Å²) in [6.07, 6.45) is -0.535. The average molecular weight is 369 g/mol. The van der Waals surface area contributed by atoms with Crippen LogP contribution in [-0.4, -0.2) is 39.1 Å². The van der Waals surface area contributed by atoms with Crippen LogP contribution in [0.25, 0.3) is 22.3 Å². The summed E-state index contributed by atoms with van der Waals surface area (Å²) in [5, 5.41) is 11.2. The fraction of sp³-hybridized carbons (Fsp3) is 0.286. The van der Waals surface area contributed by atoms with E-state index in [1.807, 2.05) is 42.5 Å². The van der Waals surface area contributed by atoms with Gasteiger partial charge in [-0.3, -0.25) is 4.99 Å². The van der Waals surface area contributed by atoms with Crippen molar-refractivity contribution in [3.63, 3.8) is 0 Å². The van der Waals surface area contributed by atoms with Crippen molar-refractivity contribution < 1.29 is 23.7 Å². The summed E-state index contributed by atoms with van der Waals surface area (Å²) in [7, 11) is 4.80. The largest absolute Gasteiger partial charge is 0.497 e. The van der Waals surface area contributed by atoms with Crippen molar-refractivity contribution in [3.05, 3.63) is 47.8 Å². The zero-order valence-electron chi connectivity index (χ0n) is 15.9. The monoisotopic (exact) mass is 369 g/mol. The molecule has 1 heterocycles. The molecule has 27 heavy (non-hydrogen) atoms. The van der Waals surface area contributed by atoms with E-state index in [4.69, 9.17) is 18.6 Å². The van der Waals surface area contributed by atoms with E-state index in [1.165, 1.54) is 0 Å². The third-order valence-corrected chi connectivity index (χ3v) is 4.14.